The highest BCUT2D eigenvalue weighted by molar-refractivity contribution is 5.94. The molecule has 0 N–H and O–H groups in total. The average Bonchev–Trinajstić information content (AvgIpc) is 2.81. The highest BCUT2D eigenvalue weighted by Gasteiger charge is 2.30. The Balaban J connectivity index is 2.03. The summed E-state index contributed by atoms with van der Waals surface area (Å²) in [7, 11) is 0. The molecule has 5 nitrogen and oxygen atoms in total. The molecule has 0 aliphatic heterocycles. The van der Waals surface area contributed by atoms with E-state index in [1.165, 1.54) is 0 Å². The molecule has 0 aliphatic rings. The van der Waals surface area contributed by atoms with E-state index in [0.717, 1.165) is 11.4 Å². The Bertz CT molecular complexity index is 907. The van der Waals surface area contributed by atoms with Crippen LogP contribution in [0, 0.1) is 16.7 Å². The number of hydrogen-bond acceptors (Lipinski definition) is 3. The summed E-state index contributed by atoms with van der Waals surface area (Å²) in [5, 5.41) is 0. The minimum atomic E-state index is -0.241. The normalized spacial score (nSPS) is 12.0. The van der Waals surface area contributed by atoms with Gasteiger partial charge >= 0.3 is 0 Å². The van der Waals surface area contributed by atoms with Crippen LogP contribution in [0.3, 0.4) is 0 Å². The maximum atomic E-state index is 13.0. The zero-order valence-corrected chi connectivity index (χ0v) is 22.0. The topological polar surface area (TPSA) is 49.9 Å². The lowest BCUT2D eigenvalue weighted by atomic mass is 9.91. The minimum Gasteiger partial charge on any atom is -0.380 e. The molecule has 2 aromatic carbocycles. The quantitative estimate of drug-likeness (QED) is 0.375. The zero-order valence-electron chi connectivity index (χ0n) is 22.0. The molecule has 2 aromatic rings. The number of ether oxygens (including phenoxy) is 1. The summed E-state index contributed by atoms with van der Waals surface area (Å²) in [6.45, 7) is 16.4. The van der Waals surface area contributed by atoms with E-state index in [9.17, 15) is 9.59 Å². The fourth-order valence-corrected chi connectivity index (χ4v) is 3.89. The number of benzene rings is 2. The first-order valence-corrected chi connectivity index (χ1v) is 12.3. The molecule has 0 radical (unpaired) electrons. The van der Waals surface area contributed by atoms with Crippen LogP contribution in [0.2, 0.25) is 0 Å². The van der Waals surface area contributed by atoms with E-state index < -0.39 is 0 Å². The summed E-state index contributed by atoms with van der Waals surface area (Å²) in [6.07, 6.45) is 0.456. The third-order valence-electron chi connectivity index (χ3n) is 5.66. The molecule has 2 rings (SSSR count). The molecule has 0 heterocycles. The molecule has 2 amide bonds. The molecule has 34 heavy (non-hydrogen) atoms. The van der Waals surface area contributed by atoms with Gasteiger partial charge in [0.1, 0.15) is 0 Å². The molecule has 0 saturated heterocycles. The predicted molar refractivity (Wildman–Crippen MR) is 141 cm³/mol. The van der Waals surface area contributed by atoms with E-state index in [-0.39, 0.29) is 28.6 Å². The van der Waals surface area contributed by atoms with Gasteiger partial charge < -0.3 is 14.5 Å². The highest BCUT2D eigenvalue weighted by atomic mass is 16.5. The third kappa shape index (κ3) is 8.28. The Morgan fingerprint density at radius 1 is 0.765 bits per heavy atom. The van der Waals surface area contributed by atoms with Crippen molar-refractivity contribution in [3.8, 4) is 0 Å². The first-order chi connectivity index (χ1) is 16.0. The largest absolute Gasteiger partial charge is 0.380 e. The van der Waals surface area contributed by atoms with Crippen LogP contribution in [0.15, 0.2) is 60.7 Å². The molecule has 0 bridgehead atoms. The number of carbonyl (C=O) groups is 2. The predicted octanol–water partition coefficient (Wildman–Crippen LogP) is 6.19. The first kappa shape index (κ1) is 27.6. The van der Waals surface area contributed by atoms with E-state index >= 15 is 0 Å². The second-order valence-corrected chi connectivity index (χ2v) is 10.9. The van der Waals surface area contributed by atoms with Gasteiger partial charge in [0.2, 0.25) is 11.8 Å². The number of carbonyl (C=O) groups excluding carboxylic acids is 2. The molecule has 186 valence electrons. The minimum absolute atomic E-state index is 0.0871. The molecule has 0 spiro atoms. The first-order valence-electron chi connectivity index (χ1n) is 12.3. The smallest absolute Gasteiger partial charge is 0.229 e. The van der Waals surface area contributed by atoms with Gasteiger partial charge in [-0.05, 0) is 24.3 Å². The van der Waals surface area contributed by atoms with Gasteiger partial charge in [-0.1, -0.05) is 84.9 Å². The lowest BCUT2D eigenvalue weighted by Gasteiger charge is -2.36. The Kier molecular flexibility index (Phi) is 9.87. The maximum absolute atomic E-state index is 13.0. The fourth-order valence-electron chi connectivity index (χ4n) is 3.89. The van der Waals surface area contributed by atoms with Crippen molar-refractivity contribution in [1.29, 1.82) is 0 Å². The Morgan fingerprint density at radius 3 is 1.59 bits per heavy atom. The Morgan fingerprint density at radius 2 is 1.18 bits per heavy atom. The van der Waals surface area contributed by atoms with Gasteiger partial charge in [0, 0.05) is 47.6 Å². The van der Waals surface area contributed by atoms with Crippen molar-refractivity contribution in [3.63, 3.8) is 0 Å². The Labute approximate surface area is 206 Å². The van der Waals surface area contributed by atoms with Crippen LogP contribution in [0.5, 0.6) is 0 Å². The summed E-state index contributed by atoms with van der Waals surface area (Å²) in [6, 6.07) is 19.6. The summed E-state index contributed by atoms with van der Waals surface area (Å²) < 4.78 is 6.21. The molecule has 0 unspecified atom stereocenters. The molecular formula is C29H42N2O3. The van der Waals surface area contributed by atoms with E-state index in [4.69, 9.17) is 4.74 Å². The molecule has 0 atom stereocenters. The highest BCUT2D eigenvalue weighted by Crippen LogP contribution is 2.27. The van der Waals surface area contributed by atoms with Gasteiger partial charge in [0.15, 0.2) is 0 Å². The van der Waals surface area contributed by atoms with Gasteiger partial charge in [-0.25, -0.2) is 0 Å². The molecule has 0 fully saturated rings. The van der Waals surface area contributed by atoms with Crippen molar-refractivity contribution in [3.05, 3.63) is 60.7 Å². The van der Waals surface area contributed by atoms with Crippen LogP contribution in [0.4, 0.5) is 11.4 Å². The SMILES string of the molecule is CCC(=O)N(CC(C)(C)COCC(C)(C)CN(C(=O)C(C)C)c1ccccc1)c1ccccc1. The van der Waals surface area contributed by atoms with Gasteiger partial charge in [0.05, 0.1) is 13.2 Å². The Hall–Kier alpha value is -2.66. The number of hydrogen-bond donors (Lipinski definition) is 0. The summed E-state index contributed by atoms with van der Waals surface area (Å²) >= 11 is 0. The van der Waals surface area contributed by atoms with E-state index in [1.54, 1.807) is 0 Å². The second-order valence-electron chi connectivity index (χ2n) is 10.9. The van der Waals surface area contributed by atoms with Crippen molar-refractivity contribution < 1.29 is 14.3 Å². The van der Waals surface area contributed by atoms with E-state index in [2.05, 4.69) is 27.7 Å². The second kappa shape index (κ2) is 12.2. The lowest BCUT2D eigenvalue weighted by molar-refractivity contribution is -0.122. The average molecular weight is 467 g/mol. The zero-order chi connectivity index (χ0) is 25.4. The molecule has 0 saturated carbocycles. The lowest BCUT2D eigenvalue weighted by Crippen LogP contribution is -2.44. The fraction of sp³-hybridized carbons (Fsp3) is 0.517. The molecule has 0 aromatic heterocycles. The number of para-hydroxylation sites is 2. The van der Waals surface area contributed by atoms with Crippen LogP contribution >= 0.6 is 0 Å². The van der Waals surface area contributed by atoms with Crippen LogP contribution in [-0.2, 0) is 14.3 Å². The number of anilines is 2. The van der Waals surface area contributed by atoms with Crippen LogP contribution in [-0.4, -0.2) is 38.1 Å². The van der Waals surface area contributed by atoms with Crippen LogP contribution in [0.1, 0.15) is 54.9 Å². The number of nitrogens with zero attached hydrogens (tertiary/aromatic N) is 2. The molecule has 5 heteroatoms. The summed E-state index contributed by atoms with van der Waals surface area (Å²) in [5.74, 6) is 0.123. The van der Waals surface area contributed by atoms with Gasteiger partial charge in [-0.15, -0.1) is 0 Å². The summed E-state index contributed by atoms with van der Waals surface area (Å²) in [5.41, 5.74) is 1.35. The van der Waals surface area contributed by atoms with Gasteiger partial charge in [0.25, 0.3) is 0 Å². The van der Waals surface area contributed by atoms with Crippen molar-refractivity contribution in [2.24, 2.45) is 16.7 Å². The monoisotopic (exact) mass is 466 g/mol. The number of rotatable bonds is 12. The van der Waals surface area contributed by atoms with Crippen LogP contribution in [0.25, 0.3) is 0 Å². The maximum Gasteiger partial charge on any atom is 0.229 e. The van der Waals surface area contributed by atoms with Gasteiger partial charge in [-0.2, -0.15) is 0 Å². The molecule has 0 aliphatic carbocycles. The van der Waals surface area contributed by atoms with Crippen molar-refractivity contribution in [2.45, 2.75) is 54.9 Å². The van der Waals surface area contributed by atoms with Crippen molar-refractivity contribution in [2.75, 3.05) is 36.1 Å². The number of amides is 2. The molecular weight excluding hydrogens is 424 g/mol. The van der Waals surface area contributed by atoms with Gasteiger partial charge in [-0.3, -0.25) is 9.59 Å². The standard InChI is InChI=1S/C29H42N2O3/c1-8-26(32)30(24-15-11-9-12-16-24)19-28(4,5)21-34-22-29(6,7)20-31(27(33)23(2)3)25-17-13-10-14-18-25/h9-18,23H,8,19-22H2,1-7H3. The van der Waals surface area contributed by atoms with Crippen molar-refractivity contribution in [1.82, 2.24) is 0 Å². The van der Waals surface area contributed by atoms with E-state index in [0.29, 0.717) is 32.7 Å². The third-order valence-corrected chi connectivity index (χ3v) is 5.66. The summed E-state index contributed by atoms with van der Waals surface area (Å²) in [4.78, 5) is 29.3. The van der Waals surface area contributed by atoms with E-state index in [1.807, 2.05) is 91.2 Å². The van der Waals surface area contributed by atoms with Crippen molar-refractivity contribution >= 4 is 23.2 Å². The van der Waals surface area contributed by atoms with Crippen LogP contribution < -0.4 is 9.80 Å².